The summed E-state index contributed by atoms with van der Waals surface area (Å²) < 4.78 is 10.5. The second-order valence-corrected chi connectivity index (χ2v) is 5.68. The minimum atomic E-state index is -0.0747. The highest BCUT2D eigenvalue weighted by atomic mass is 16.5. The molecule has 1 amide bonds. The summed E-state index contributed by atoms with van der Waals surface area (Å²) in [5, 5.41) is 2.94. The highest BCUT2D eigenvalue weighted by Gasteiger charge is 2.11. The Morgan fingerprint density at radius 3 is 2.52 bits per heavy atom. The highest BCUT2D eigenvalue weighted by molar-refractivity contribution is 5.92. The van der Waals surface area contributed by atoms with Crippen molar-refractivity contribution in [2.75, 3.05) is 19.5 Å². The number of nitrogens with one attached hydrogen (secondary N) is 1. The molecule has 122 valence electrons. The van der Waals surface area contributed by atoms with Crippen LogP contribution in [-0.4, -0.2) is 20.1 Å². The molecule has 0 saturated carbocycles. The second kappa shape index (κ2) is 7.68. The van der Waals surface area contributed by atoms with Crippen LogP contribution >= 0.6 is 0 Å². The summed E-state index contributed by atoms with van der Waals surface area (Å²) in [5.74, 6) is 1.70. The van der Waals surface area contributed by atoms with Gasteiger partial charge in [-0.15, -0.1) is 0 Å². The Balaban J connectivity index is 2.09. The van der Waals surface area contributed by atoms with E-state index < -0.39 is 0 Å². The van der Waals surface area contributed by atoms with Gasteiger partial charge in [-0.1, -0.05) is 32.0 Å². The number of anilines is 1. The van der Waals surface area contributed by atoms with Crippen LogP contribution in [0.15, 0.2) is 42.5 Å². The predicted octanol–water partition coefficient (Wildman–Crippen LogP) is 4.01. The van der Waals surface area contributed by atoms with Gasteiger partial charge in [0.1, 0.15) is 11.5 Å². The molecule has 0 bridgehead atoms. The Morgan fingerprint density at radius 2 is 1.87 bits per heavy atom. The summed E-state index contributed by atoms with van der Waals surface area (Å²) in [6.07, 6.45) is 0.249. The maximum Gasteiger partial charge on any atom is 0.228 e. The fourth-order valence-electron chi connectivity index (χ4n) is 2.35. The standard InChI is InChI=1S/C19H23NO3/c1-13(2)14-6-5-7-16(10-14)20-19(21)11-15-8-9-17(22-3)12-18(15)23-4/h5-10,12-13H,11H2,1-4H3,(H,20,21). The SMILES string of the molecule is COc1ccc(CC(=O)Nc2cccc(C(C)C)c2)c(OC)c1. The number of amides is 1. The zero-order valence-corrected chi connectivity index (χ0v) is 14.1. The molecule has 0 heterocycles. The van der Waals surface area contributed by atoms with E-state index in [1.54, 1.807) is 20.3 Å². The van der Waals surface area contributed by atoms with Crippen LogP contribution in [0.5, 0.6) is 11.5 Å². The molecule has 1 N–H and O–H groups in total. The Hall–Kier alpha value is -2.49. The van der Waals surface area contributed by atoms with Crippen LogP contribution in [-0.2, 0) is 11.2 Å². The largest absolute Gasteiger partial charge is 0.497 e. The Kier molecular flexibility index (Phi) is 5.63. The first-order valence-electron chi connectivity index (χ1n) is 7.64. The molecule has 0 aliphatic heterocycles. The molecule has 0 atom stereocenters. The van der Waals surface area contributed by atoms with Gasteiger partial charge in [-0.3, -0.25) is 4.79 Å². The minimum absolute atomic E-state index is 0.0747. The van der Waals surface area contributed by atoms with E-state index in [0.29, 0.717) is 17.4 Å². The number of carbonyl (C=O) groups is 1. The van der Waals surface area contributed by atoms with E-state index in [9.17, 15) is 4.79 Å². The van der Waals surface area contributed by atoms with Gasteiger partial charge in [-0.2, -0.15) is 0 Å². The monoisotopic (exact) mass is 313 g/mol. The van der Waals surface area contributed by atoms with Crippen molar-refractivity contribution < 1.29 is 14.3 Å². The summed E-state index contributed by atoms with van der Waals surface area (Å²) in [7, 11) is 3.19. The Bertz CT molecular complexity index is 680. The molecule has 23 heavy (non-hydrogen) atoms. The van der Waals surface area contributed by atoms with Gasteiger partial charge in [-0.25, -0.2) is 0 Å². The Morgan fingerprint density at radius 1 is 1.09 bits per heavy atom. The molecule has 0 aliphatic rings. The number of methoxy groups -OCH3 is 2. The molecule has 0 radical (unpaired) electrons. The van der Waals surface area contributed by atoms with Gasteiger partial charge in [-0.05, 0) is 29.7 Å². The first-order chi connectivity index (χ1) is 11.0. The van der Waals surface area contributed by atoms with E-state index in [-0.39, 0.29) is 12.3 Å². The zero-order valence-electron chi connectivity index (χ0n) is 14.1. The molecule has 4 heteroatoms. The van der Waals surface area contributed by atoms with Gasteiger partial charge >= 0.3 is 0 Å². The van der Waals surface area contributed by atoms with Crippen LogP contribution < -0.4 is 14.8 Å². The fourth-order valence-corrected chi connectivity index (χ4v) is 2.35. The smallest absolute Gasteiger partial charge is 0.228 e. The quantitative estimate of drug-likeness (QED) is 0.876. The van der Waals surface area contributed by atoms with E-state index in [0.717, 1.165) is 11.3 Å². The molecule has 2 rings (SSSR count). The highest BCUT2D eigenvalue weighted by Crippen LogP contribution is 2.25. The number of carbonyl (C=O) groups excluding carboxylic acids is 1. The summed E-state index contributed by atoms with van der Waals surface area (Å²) in [6.45, 7) is 4.26. The van der Waals surface area contributed by atoms with Gasteiger partial charge in [0, 0.05) is 17.3 Å². The average molecular weight is 313 g/mol. The van der Waals surface area contributed by atoms with E-state index in [2.05, 4.69) is 25.2 Å². The van der Waals surface area contributed by atoms with Crippen LogP contribution in [0.4, 0.5) is 5.69 Å². The number of hydrogen-bond acceptors (Lipinski definition) is 3. The van der Waals surface area contributed by atoms with Crippen molar-refractivity contribution in [1.29, 1.82) is 0 Å². The lowest BCUT2D eigenvalue weighted by molar-refractivity contribution is -0.115. The summed E-state index contributed by atoms with van der Waals surface area (Å²) >= 11 is 0. The van der Waals surface area contributed by atoms with E-state index in [1.807, 2.05) is 30.3 Å². The average Bonchev–Trinajstić information content (AvgIpc) is 2.55. The molecular weight excluding hydrogens is 290 g/mol. The topological polar surface area (TPSA) is 47.6 Å². The van der Waals surface area contributed by atoms with E-state index in [1.165, 1.54) is 5.56 Å². The lowest BCUT2D eigenvalue weighted by Crippen LogP contribution is -2.15. The predicted molar refractivity (Wildman–Crippen MR) is 92.4 cm³/mol. The molecule has 2 aromatic rings. The van der Waals surface area contributed by atoms with Crippen LogP contribution in [0.3, 0.4) is 0 Å². The Labute approximate surface area is 137 Å². The number of benzene rings is 2. The molecule has 0 aliphatic carbocycles. The summed E-state index contributed by atoms with van der Waals surface area (Å²) in [5.41, 5.74) is 2.84. The van der Waals surface area contributed by atoms with Gasteiger partial charge in [0.05, 0.1) is 20.6 Å². The third-order valence-corrected chi connectivity index (χ3v) is 3.68. The fraction of sp³-hybridized carbons (Fsp3) is 0.316. The molecule has 0 aromatic heterocycles. The maximum atomic E-state index is 12.3. The number of ether oxygens (including phenoxy) is 2. The van der Waals surface area contributed by atoms with Gasteiger partial charge in [0.2, 0.25) is 5.91 Å². The van der Waals surface area contributed by atoms with Crippen LogP contribution in [0, 0.1) is 0 Å². The van der Waals surface area contributed by atoms with Crippen LogP contribution in [0.1, 0.15) is 30.9 Å². The third-order valence-electron chi connectivity index (χ3n) is 3.68. The molecule has 4 nitrogen and oxygen atoms in total. The summed E-state index contributed by atoms with van der Waals surface area (Å²) in [6, 6.07) is 13.4. The van der Waals surface area contributed by atoms with Crippen molar-refractivity contribution in [1.82, 2.24) is 0 Å². The molecule has 0 spiro atoms. The lowest BCUT2D eigenvalue weighted by Gasteiger charge is -2.12. The van der Waals surface area contributed by atoms with E-state index >= 15 is 0 Å². The first-order valence-corrected chi connectivity index (χ1v) is 7.64. The lowest BCUT2D eigenvalue weighted by atomic mass is 10.0. The number of hydrogen-bond donors (Lipinski definition) is 1. The van der Waals surface area contributed by atoms with Crippen LogP contribution in [0.25, 0.3) is 0 Å². The van der Waals surface area contributed by atoms with Crippen molar-refractivity contribution in [2.45, 2.75) is 26.2 Å². The normalized spacial score (nSPS) is 10.5. The van der Waals surface area contributed by atoms with Gasteiger partial charge in [0.25, 0.3) is 0 Å². The van der Waals surface area contributed by atoms with Crippen molar-refractivity contribution in [2.24, 2.45) is 0 Å². The molecular formula is C19H23NO3. The minimum Gasteiger partial charge on any atom is -0.497 e. The van der Waals surface area contributed by atoms with Gasteiger partial charge < -0.3 is 14.8 Å². The van der Waals surface area contributed by atoms with Gasteiger partial charge in [0.15, 0.2) is 0 Å². The zero-order chi connectivity index (χ0) is 16.8. The molecule has 0 saturated heterocycles. The van der Waals surface area contributed by atoms with Crippen molar-refractivity contribution in [3.63, 3.8) is 0 Å². The van der Waals surface area contributed by atoms with Crippen molar-refractivity contribution in [3.8, 4) is 11.5 Å². The van der Waals surface area contributed by atoms with E-state index in [4.69, 9.17) is 9.47 Å². The second-order valence-electron chi connectivity index (χ2n) is 5.68. The maximum absolute atomic E-state index is 12.3. The first kappa shape index (κ1) is 16.9. The number of rotatable bonds is 6. The van der Waals surface area contributed by atoms with Crippen LogP contribution in [0.2, 0.25) is 0 Å². The molecule has 0 unspecified atom stereocenters. The molecule has 2 aromatic carbocycles. The van der Waals surface area contributed by atoms with Crippen molar-refractivity contribution >= 4 is 11.6 Å². The third kappa shape index (κ3) is 4.49. The van der Waals surface area contributed by atoms with Crippen molar-refractivity contribution in [3.05, 3.63) is 53.6 Å². The summed E-state index contributed by atoms with van der Waals surface area (Å²) in [4.78, 5) is 12.3. The molecule has 0 fully saturated rings.